The predicted molar refractivity (Wildman–Crippen MR) is 51.2 cm³/mol. The van der Waals surface area contributed by atoms with E-state index in [1.807, 2.05) is 0 Å². The van der Waals surface area contributed by atoms with Crippen molar-refractivity contribution in [3.8, 4) is 0 Å². The van der Waals surface area contributed by atoms with Crippen LogP contribution < -0.4 is 0 Å². The molecule has 0 saturated carbocycles. The van der Waals surface area contributed by atoms with Gasteiger partial charge in [0.05, 0.1) is 33.2 Å². The summed E-state index contributed by atoms with van der Waals surface area (Å²) in [7, 11) is 2.32. The van der Waals surface area contributed by atoms with E-state index < -0.39 is 0 Å². The number of nitrogens with zero attached hydrogens (tertiary/aromatic N) is 2. The van der Waals surface area contributed by atoms with Gasteiger partial charge in [-0.3, -0.25) is 4.79 Å². The fourth-order valence-electron chi connectivity index (χ4n) is 2.66. The van der Waals surface area contributed by atoms with Crippen molar-refractivity contribution in [2.24, 2.45) is 0 Å². The lowest BCUT2D eigenvalue weighted by Crippen LogP contribution is -2.49. The van der Waals surface area contributed by atoms with Crippen LogP contribution in [0.25, 0.3) is 0 Å². The summed E-state index contributed by atoms with van der Waals surface area (Å²) >= 11 is 0. The molecule has 0 N–H and O–H groups in total. The molecule has 1 amide bonds. The highest BCUT2D eigenvalue weighted by molar-refractivity contribution is 5.73. The lowest BCUT2D eigenvalue weighted by atomic mass is 10.0. The zero-order valence-electron chi connectivity index (χ0n) is 8.62. The molecule has 0 aliphatic carbocycles. The van der Waals surface area contributed by atoms with Gasteiger partial charge in [0, 0.05) is 25.8 Å². The first-order valence-corrected chi connectivity index (χ1v) is 5.21. The molecule has 2 bridgehead atoms. The Kier molecular flexibility index (Phi) is 2.06. The molecule has 3 saturated heterocycles. The first kappa shape index (κ1) is 9.00. The number of carbonyl (C=O) groups is 1. The summed E-state index contributed by atoms with van der Waals surface area (Å²) in [5.74, 6) is 0.264. The molecule has 3 heteroatoms. The van der Waals surface area contributed by atoms with Gasteiger partial charge in [-0.25, -0.2) is 0 Å². The van der Waals surface area contributed by atoms with Crippen LogP contribution in [0.3, 0.4) is 0 Å². The summed E-state index contributed by atoms with van der Waals surface area (Å²) in [6.07, 6.45) is 2.41. The Bertz CT molecular complexity index is 219. The van der Waals surface area contributed by atoms with E-state index in [1.165, 1.54) is 30.4 Å². The Morgan fingerprint density at radius 3 is 2.46 bits per heavy atom. The molecule has 0 atom stereocenters. The average molecular weight is 183 g/mol. The number of likely N-dealkylation sites (N-methyl/N-ethyl adjacent to an activating group) is 1. The van der Waals surface area contributed by atoms with Crippen molar-refractivity contribution < 1.29 is 9.28 Å². The summed E-state index contributed by atoms with van der Waals surface area (Å²) in [6, 6.07) is 0.547. The molecule has 3 nitrogen and oxygen atoms in total. The van der Waals surface area contributed by atoms with Crippen molar-refractivity contribution in [1.29, 1.82) is 0 Å². The van der Waals surface area contributed by atoms with Crippen molar-refractivity contribution in [3.05, 3.63) is 0 Å². The molecule has 0 spiro atoms. The van der Waals surface area contributed by atoms with Gasteiger partial charge in [-0.05, 0) is 0 Å². The van der Waals surface area contributed by atoms with Crippen LogP contribution in [0.15, 0.2) is 0 Å². The predicted octanol–water partition coefficient (Wildman–Crippen LogP) is 0.457. The second-order valence-corrected chi connectivity index (χ2v) is 4.73. The van der Waals surface area contributed by atoms with Gasteiger partial charge >= 0.3 is 0 Å². The highest BCUT2D eigenvalue weighted by atomic mass is 16.2. The SMILES string of the molecule is CC(=O)N1CC[N+]2(C)CCC1CC2. The average Bonchev–Trinajstić information content (AvgIpc) is 2.32. The third-order valence-electron chi connectivity index (χ3n) is 3.73. The monoisotopic (exact) mass is 183 g/mol. The lowest BCUT2D eigenvalue weighted by molar-refractivity contribution is -0.910. The third-order valence-corrected chi connectivity index (χ3v) is 3.73. The van der Waals surface area contributed by atoms with E-state index in [0.29, 0.717) is 6.04 Å². The van der Waals surface area contributed by atoms with Crippen LogP contribution in [0.2, 0.25) is 0 Å². The summed E-state index contributed by atoms with van der Waals surface area (Å²) < 4.78 is 1.18. The second-order valence-electron chi connectivity index (χ2n) is 4.73. The molecule has 0 aromatic heterocycles. The first-order valence-electron chi connectivity index (χ1n) is 5.21. The Labute approximate surface area is 79.9 Å². The maximum Gasteiger partial charge on any atom is 0.219 e. The molecule has 3 fully saturated rings. The maximum absolute atomic E-state index is 11.4. The van der Waals surface area contributed by atoms with Gasteiger partial charge in [0.2, 0.25) is 5.91 Å². The number of amides is 1. The largest absolute Gasteiger partial charge is 0.334 e. The van der Waals surface area contributed by atoms with Crippen LogP contribution >= 0.6 is 0 Å². The highest BCUT2D eigenvalue weighted by Crippen LogP contribution is 2.25. The van der Waals surface area contributed by atoms with Crippen LogP contribution in [-0.4, -0.2) is 54.6 Å². The minimum atomic E-state index is 0.264. The summed E-state index contributed by atoms with van der Waals surface area (Å²) in [6.45, 7) is 6.34. The van der Waals surface area contributed by atoms with Crippen LogP contribution in [0.5, 0.6) is 0 Å². The Morgan fingerprint density at radius 1 is 1.31 bits per heavy atom. The molecule has 3 aliphatic heterocycles. The quantitative estimate of drug-likeness (QED) is 0.500. The van der Waals surface area contributed by atoms with E-state index in [1.54, 1.807) is 6.92 Å². The van der Waals surface area contributed by atoms with Crippen LogP contribution in [0.1, 0.15) is 19.8 Å². The van der Waals surface area contributed by atoms with E-state index in [0.717, 1.165) is 13.1 Å². The molecule has 3 aliphatic rings. The molecule has 0 radical (unpaired) electrons. The van der Waals surface area contributed by atoms with Crippen molar-refractivity contribution in [2.75, 3.05) is 33.2 Å². The number of hydrogen-bond acceptors (Lipinski definition) is 1. The number of hydrogen-bond donors (Lipinski definition) is 0. The fourth-order valence-corrected chi connectivity index (χ4v) is 2.66. The molecule has 3 rings (SSSR count). The molecule has 13 heavy (non-hydrogen) atoms. The van der Waals surface area contributed by atoms with Crippen LogP contribution in [0.4, 0.5) is 0 Å². The molecule has 3 heterocycles. The minimum Gasteiger partial charge on any atom is -0.334 e. The van der Waals surface area contributed by atoms with Gasteiger partial charge in [0.1, 0.15) is 0 Å². The topological polar surface area (TPSA) is 20.3 Å². The van der Waals surface area contributed by atoms with Crippen LogP contribution in [-0.2, 0) is 4.79 Å². The number of fused-ring (bicyclic) bond motifs is 4. The van der Waals surface area contributed by atoms with E-state index in [4.69, 9.17) is 0 Å². The van der Waals surface area contributed by atoms with Crippen molar-refractivity contribution in [3.63, 3.8) is 0 Å². The summed E-state index contributed by atoms with van der Waals surface area (Å²) in [5.41, 5.74) is 0. The number of rotatable bonds is 0. The standard InChI is InChI=1S/C10H19N2O/c1-9(13)11-5-8-12(2)6-3-10(11)4-7-12/h10H,3-8H2,1-2H3/q+1. The maximum atomic E-state index is 11.4. The summed E-state index contributed by atoms with van der Waals surface area (Å²) in [5, 5.41) is 0. The molecule has 0 aromatic rings. The number of carbonyl (C=O) groups excluding carboxylic acids is 1. The zero-order valence-corrected chi connectivity index (χ0v) is 8.62. The second kappa shape index (κ2) is 2.98. The molecular formula is C10H19N2O+. The molecule has 74 valence electrons. The van der Waals surface area contributed by atoms with Gasteiger partial charge in [-0.2, -0.15) is 0 Å². The van der Waals surface area contributed by atoms with Crippen molar-refractivity contribution in [1.82, 2.24) is 4.90 Å². The van der Waals surface area contributed by atoms with E-state index in [9.17, 15) is 4.79 Å². The fraction of sp³-hybridized carbons (Fsp3) is 0.900. The number of piperidine rings is 1. The smallest absolute Gasteiger partial charge is 0.219 e. The molecule has 0 unspecified atom stereocenters. The number of quaternary nitrogens is 1. The van der Waals surface area contributed by atoms with Gasteiger partial charge in [0.25, 0.3) is 0 Å². The van der Waals surface area contributed by atoms with Gasteiger partial charge in [-0.1, -0.05) is 0 Å². The van der Waals surface area contributed by atoms with Crippen molar-refractivity contribution in [2.45, 2.75) is 25.8 Å². The van der Waals surface area contributed by atoms with Gasteiger partial charge < -0.3 is 9.38 Å². The first-order chi connectivity index (χ1) is 6.11. The lowest BCUT2D eigenvalue weighted by Gasteiger charge is -2.36. The van der Waals surface area contributed by atoms with E-state index in [-0.39, 0.29) is 5.91 Å². The van der Waals surface area contributed by atoms with E-state index >= 15 is 0 Å². The zero-order chi connectivity index (χ0) is 9.47. The minimum absolute atomic E-state index is 0.264. The van der Waals surface area contributed by atoms with Gasteiger partial charge in [-0.15, -0.1) is 0 Å². The normalized spacial score (nSPS) is 38.9. The van der Waals surface area contributed by atoms with Gasteiger partial charge in [0.15, 0.2) is 0 Å². The van der Waals surface area contributed by atoms with E-state index in [2.05, 4.69) is 11.9 Å². The summed E-state index contributed by atoms with van der Waals surface area (Å²) in [4.78, 5) is 13.4. The third kappa shape index (κ3) is 1.57. The van der Waals surface area contributed by atoms with Crippen LogP contribution in [0, 0.1) is 0 Å². The molecule has 0 aromatic carbocycles. The highest BCUT2D eigenvalue weighted by Gasteiger charge is 2.38. The Hall–Kier alpha value is -0.570. The Morgan fingerprint density at radius 2 is 1.92 bits per heavy atom. The Balaban J connectivity index is 2.15. The molecular weight excluding hydrogens is 164 g/mol. The van der Waals surface area contributed by atoms with Crippen molar-refractivity contribution >= 4 is 5.91 Å².